The summed E-state index contributed by atoms with van der Waals surface area (Å²) in [4.78, 5) is 26.8. The Balaban J connectivity index is 1.82. The van der Waals surface area contributed by atoms with E-state index in [9.17, 15) is 9.59 Å². The van der Waals surface area contributed by atoms with Crippen LogP contribution in [0.1, 0.15) is 38.9 Å². The Morgan fingerprint density at radius 1 is 1.48 bits per heavy atom. The maximum absolute atomic E-state index is 12.6. The van der Waals surface area contributed by atoms with Crippen molar-refractivity contribution in [1.82, 2.24) is 15.4 Å². The molecule has 25 heavy (non-hydrogen) atoms. The van der Waals surface area contributed by atoms with Gasteiger partial charge in [0.15, 0.2) is 5.82 Å². The van der Waals surface area contributed by atoms with Gasteiger partial charge in [0.25, 0.3) is 0 Å². The van der Waals surface area contributed by atoms with E-state index in [2.05, 4.69) is 22.7 Å². The van der Waals surface area contributed by atoms with Gasteiger partial charge in [-0.3, -0.25) is 9.59 Å². The fourth-order valence-electron chi connectivity index (χ4n) is 2.88. The molecule has 2 amide bonds. The SMILES string of the molecule is CCCN(C(=O)CSC(C)C(=O)Nc1cc(C)on1)C1CCNCC1. The van der Waals surface area contributed by atoms with Gasteiger partial charge in [0.2, 0.25) is 11.8 Å². The Kier molecular flexibility index (Phi) is 7.77. The molecular formula is C17H28N4O3S. The molecule has 1 fully saturated rings. The number of nitrogens with one attached hydrogen (secondary N) is 2. The van der Waals surface area contributed by atoms with Crippen molar-refractivity contribution in [2.75, 3.05) is 30.7 Å². The molecule has 1 aliphatic heterocycles. The van der Waals surface area contributed by atoms with Gasteiger partial charge in [-0.25, -0.2) is 0 Å². The largest absolute Gasteiger partial charge is 0.360 e. The highest BCUT2D eigenvalue weighted by atomic mass is 32.2. The third-order valence-corrected chi connectivity index (χ3v) is 5.37. The molecule has 8 heteroatoms. The Hall–Kier alpha value is -1.54. The smallest absolute Gasteiger partial charge is 0.238 e. The first kappa shape index (κ1) is 19.8. The quantitative estimate of drug-likeness (QED) is 0.730. The molecule has 0 spiro atoms. The number of rotatable bonds is 8. The van der Waals surface area contributed by atoms with Gasteiger partial charge < -0.3 is 20.1 Å². The summed E-state index contributed by atoms with van der Waals surface area (Å²) in [7, 11) is 0. The number of hydrogen-bond acceptors (Lipinski definition) is 6. The lowest BCUT2D eigenvalue weighted by molar-refractivity contribution is -0.131. The molecule has 0 bridgehead atoms. The van der Waals surface area contributed by atoms with Crippen LogP contribution in [0, 0.1) is 6.92 Å². The summed E-state index contributed by atoms with van der Waals surface area (Å²) in [5.41, 5.74) is 0. The maximum atomic E-state index is 12.6. The van der Waals surface area contributed by atoms with Crippen molar-refractivity contribution in [2.24, 2.45) is 0 Å². The second kappa shape index (κ2) is 9.82. The van der Waals surface area contributed by atoms with Crippen molar-refractivity contribution in [1.29, 1.82) is 0 Å². The molecule has 1 saturated heterocycles. The van der Waals surface area contributed by atoms with E-state index < -0.39 is 0 Å². The third-order valence-electron chi connectivity index (χ3n) is 4.24. The second-order valence-corrected chi connectivity index (χ2v) is 7.66. The Labute approximate surface area is 153 Å². The number of piperidine rings is 1. The van der Waals surface area contributed by atoms with Crippen LogP contribution < -0.4 is 10.6 Å². The first-order valence-electron chi connectivity index (χ1n) is 8.87. The van der Waals surface area contributed by atoms with Crippen LogP contribution in [0.5, 0.6) is 0 Å². The van der Waals surface area contributed by atoms with Crippen LogP contribution in [-0.2, 0) is 9.59 Å². The van der Waals surface area contributed by atoms with Gasteiger partial charge in [0.1, 0.15) is 5.76 Å². The van der Waals surface area contributed by atoms with Crippen LogP contribution in [-0.4, -0.2) is 58.5 Å². The lowest BCUT2D eigenvalue weighted by atomic mass is 10.0. The molecule has 1 aromatic heterocycles. The van der Waals surface area contributed by atoms with Gasteiger partial charge in [0, 0.05) is 18.7 Å². The Bertz CT molecular complexity index is 572. The molecule has 7 nitrogen and oxygen atoms in total. The van der Waals surface area contributed by atoms with Gasteiger partial charge in [-0.2, -0.15) is 0 Å². The van der Waals surface area contributed by atoms with Crippen molar-refractivity contribution < 1.29 is 14.1 Å². The average molecular weight is 369 g/mol. The topological polar surface area (TPSA) is 87.5 Å². The highest BCUT2D eigenvalue weighted by Gasteiger charge is 2.25. The number of thioether (sulfide) groups is 1. The average Bonchev–Trinajstić information content (AvgIpc) is 3.02. The van der Waals surface area contributed by atoms with Gasteiger partial charge in [-0.1, -0.05) is 12.1 Å². The van der Waals surface area contributed by atoms with E-state index in [0.717, 1.165) is 38.9 Å². The lowest BCUT2D eigenvalue weighted by Gasteiger charge is -2.34. The number of aryl methyl sites for hydroxylation is 1. The van der Waals surface area contributed by atoms with E-state index in [1.54, 1.807) is 19.9 Å². The van der Waals surface area contributed by atoms with Crippen molar-refractivity contribution in [2.45, 2.75) is 51.3 Å². The molecule has 1 unspecified atom stereocenters. The van der Waals surface area contributed by atoms with E-state index in [4.69, 9.17) is 4.52 Å². The molecule has 0 aromatic carbocycles. The van der Waals surface area contributed by atoms with Crippen LogP contribution in [0.3, 0.4) is 0 Å². The lowest BCUT2D eigenvalue weighted by Crippen LogP contribution is -2.47. The van der Waals surface area contributed by atoms with E-state index in [1.807, 2.05) is 4.90 Å². The van der Waals surface area contributed by atoms with Crippen LogP contribution in [0.25, 0.3) is 0 Å². The summed E-state index contributed by atoms with van der Waals surface area (Å²) < 4.78 is 4.93. The number of carbonyl (C=O) groups is 2. The summed E-state index contributed by atoms with van der Waals surface area (Å²) >= 11 is 1.36. The van der Waals surface area contributed by atoms with Crippen LogP contribution in [0.15, 0.2) is 10.6 Å². The molecule has 2 N–H and O–H groups in total. The summed E-state index contributed by atoms with van der Waals surface area (Å²) in [5, 5.41) is 9.45. The van der Waals surface area contributed by atoms with E-state index >= 15 is 0 Å². The fraction of sp³-hybridized carbons (Fsp3) is 0.706. The summed E-state index contributed by atoms with van der Waals surface area (Å²) in [5.74, 6) is 1.31. The minimum absolute atomic E-state index is 0.121. The third kappa shape index (κ3) is 6.04. The highest BCUT2D eigenvalue weighted by Crippen LogP contribution is 2.18. The van der Waals surface area contributed by atoms with Gasteiger partial charge >= 0.3 is 0 Å². The van der Waals surface area contributed by atoms with Gasteiger partial charge in [-0.15, -0.1) is 11.8 Å². The number of hydrogen-bond donors (Lipinski definition) is 2. The normalized spacial score (nSPS) is 16.4. The van der Waals surface area contributed by atoms with E-state index in [0.29, 0.717) is 23.4 Å². The Morgan fingerprint density at radius 3 is 2.80 bits per heavy atom. The van der Waals surface area contributed by atoms with Crippen molar-refractivity contribution >= 4 is 29.4 Å². The van der Waals surface area contributed by atoms with Crippen molar-refractivity contribution in [3.8, 4) is 0 Å². The zero-order chi connectivity index (χ0) is 18.2. The molecule has 2 rings (SSSR count). The van der Waals surface area contributed by atoms with Crippen molar-refractivity contribution in [3.05, 3.63) is 11.8 Å². The molecule has 0 radical (unpaired) electrons. The number of nitrogens with zero attached hydrogens (tertiary/aromatic N) is 2. The molecule has 0 aliphatic carbocycles. The summed E-state index contributed by atoms with van der Waals surface area (Å²) in [6, 6.07) is 1.98. The van der Waals surface area contributed by atoms with Crippen LogP contribution >= 0.6 is 11.8 Å². The van der Waals surface area contributed by atoms with Gasteiger partial charge in [-0.05, 0) is 46.2 Å². The van der Waals surface area contributed by atoms with Crippen LogP contribution in [0.2, 0.25) is 0 Å². The molecule has 1 atom stereocenters. The summed E-state index contributed by atoms with van der Waals surface area (Å²) in [6.45, 7) is 8.35. The monoisotopic (exact) mass is 368 g/mol. The van der Waals surface area contributed by atoms with Crippen LogP contribution in [0.4, 0.5) is 5.82 Å². The predicted molar refractivity (Wildman–Crippen MR) is 99.7 cm³/mol. The van der Waals surface area contributed by atoms with Gasteiger partial charge in [0.05, 0.1) is 11.0 Å². The fourth-order valence-corrected chi connectivity index (χ4v) is 3.65. The predicted octanol–water partition coefficient (Wildman–Crippen LogP) is 2.03. The number of carbonyl (C=O) groups excluding carboxylic acids is 2. The van der Waals surface area contributed by atoms with E-state index in [1.165, 1.54) is 11.8 Å². The minimum atomic E-state index is -0.336. The second-order valence-electron chi connectivity index (χ2n) is 6.33. The number of amides is 2. The highest BCUT2D eigenvalue weighted by molar-refractivity contribution is 8.01. The molecular weight excluding hydrogens is 340 g/mol. The molecule has 1 aliphatic rings. The standard InChI is InChI=1S/C17H28N4O3S/c1-4-9-21(14-5-7-18-8-6-14)16(22)11-25-13(3)17(23)19-15-10-12(2)24-20-15/h10,13-14,18H,4-9,11H2,1-3H3,(H,19,20,23). The van der Waals surface area contributed by atoms with E-state index in [-0.39, 0.29) is 17.1 Å². The summed E-state index contributed by atoms with van der Waals surface area (Å²) in [6.07, 6.45) is 2.94. The minimum Gasteiger partial charge on any atom is -0.360 e. The zero-order valence-electron chi connectivity index (χ0n) is 15.2. The molecule has 2 heterocycles. The molecule has 0 saturated carbocycles. The molecule has 1 aromatic rings. The molecule has 140 valence electrons. The van der Waals surface area contributed by atoms with Crippen molar-refractivity contribution in [3.63, 3.8) is 0 Å². The number of aromatic nitrogens is 1. The zero-order valence-corrected chi connectivity index (χ0v) is 16.0. The first-order valence-corrected chi connectivity index (χ1v) is 9.92. The first-order chi connectivity index (χ1) is 12.0. The number of anilines is 1. The Morgan fingerprint density at radius 2 is 2.20 bits per heavy atom. The maximum Gasteiger partial charge on any atom is 0.238 e.